The Kier molecular flexibility index (Phi) is 3.98. The maximum atomic E-state index is 12.3. The van der Waals surface area contributed by atoms with Crippen molar-refractivity contribution in [2.24, 2.45) is 14.1 Å². The fraction of sp³-hybridized carbons (Fsp3) is 0.412. The van der Waals surface area contributed by atoms with E-state index in [1.165, 1.54) is 20.4 Å². The quantitative estimate of drug-likeness (QED) is 0.912. The molecule has 1 amide bonds. The highest BCUT2D eigenvalue weighted by atomic mass is 16.2. The van der Waals surface area contributed by atoms with Crippen LogP contribution in [0.25, 0.3) is 0 Å². The van der Waals surface area contributed by atoms with Gasteiger partial charge in [0.05, 0.1) is 0 Å². The second-order valence-corrected chi connectivity index (χ2v) is 6.10. The summed E-state index contributed by atoms with van der Waals surface area (Å²) in [7, 11) is 3.25. The van der Waals surface area contributed by atoms with Gasteiger partial charge in [-0.05, 0) is 25.0 Å². The zero-order chi connectivity index (χ0) is 16.6. The van der Waals surface area contributed by atoms with Crippen molar-refractivity contribution in [1.82, 2.24) is 14.5 Å². The summed E-state index contributed by atoms with van der Waals surface area (Å²) in [6, 6.07) is 8.58. The van der Waals surface area contributed by atoms with Gasteiger partial charge >= 0.3 is 5.69 Å². The summed E-state index contributed by atoms with van der Waals surface area (Å²) in [4.78, 5) is 26.3. The molecular formula is C17H22N4O2. The van der Waals surface area contributed by atoms with E-state index in [1.807, 2.05) is 6.07 Å². The minimum Gasteiger partial charge on any atom is -0.366 e. The second kappa shape index (κ2) is 5.95. The number of carbonyl (C=O) groups excluding carboxylic acids is 1. The number of hydrogen-bond donors (Lipinski definition) is 1. The lowest BCUT2D eigenvalue weighted by Gasteiger charge is -2.27. The van der Waals surface area contributed by atoms with Crippen LogP contribution < -0.4 is 15.9 Å². The molecule has 1 aliphatic rings. The molecule has 1 aromatic heterocycles. The molecule has 0 radical (unpaired) electrons. The van der Waals surface area contributed by atoms with E-state index >= 15 is 0 Å². The van der Waals surface area contributed by atoms with Crippen molar-refractivity contribution < 1.29 is 4.79 Å². The number of nitrogens with one attached hydrogen (secondary N) is 1. The van der Waals surface area contributed by atoms with Crippen molar-refractivity contribution in [2.45, 2.75) is 19.4 Å². The number of hydrogen-bond acceptors (Lipinski definition) is 3. The molecule has 2 heterocycles. The van der Waals surface area contributed by atoms with E-state index in [0.717, 1.165) is 13.0 Å². The van der Waals surface area contributed by atoms with Crippen molar-refractivity contribution >= 4 is 11.6 Å². The van der Waals surface area contributed by atoms with E-state index in [2.05, 4.69) is 35.3 Å². The Labute approximate surface area is 135 Å². The second-order valence-electron chi connectivity index (χ2n) is 6.10. The largest absolute Gasteiger partial charge is 0.366 e. The van der Waals surface area contributed by atoms with Gasteiger partial charge in [0, 0.05) is 45.1 Å². The van der Waals surface area contributed by atoms with Crippen molar-refractivity contribution in [3.63, 3.8) is 0 Å². The number of aryl methyl sites for hydroxylation is 1. The van der Waals surface area contributed by atoms with Crippen molar-refractivity contribution in [1.29, 1.82) is 0 Å². The molecule has 0 fully saturated rings. The molecule has 23 heavy (non-hydrogen) atoms. The molecule has 0 aliphatic carbocycles. The first-order valence-corrected chi connectivity index (χ1v) is 7.84. The van der Waals surface area contributed by atoms with Gasteiger partial charge in [-0.25, -0.2) is 4.79 Å². The highest BCUT2D eigenvalue weighted by Crippen LogP contribution is 2.28. The number of fused-ring (bicyclic) bond motifs is 1. The van der Waals surface area contributed by atoms with Crippen LogP contribution in [0, 0.1) is 0 Å². The number of benzene rings is 1. The predicted molar refractivity (Wildman–Crippen MR) is 89.9 cm³/mol. The lowest BCUT2D eigenvalue weighted by atomic mass is 10.2. The molecule has 0 bridgehead atoms. The summed E-state index contributed by atoms with van der Waals surface area (Å²) in [5, 5.41) is 2.93. The number of carbonyl (C=O) groups is 1. The zero-order valence-electron chi connectivity index (χ0n) is 13.7. The first-order chi connectivity index (χ1) is 11.0. The summed E-state index contributed by atoms with van der Waals surface area (Å²) in [6.45, 7) is 3.61. The van der Waals surface area contributed by atoms with Gasteiger partial charge in [0.1, 0.15) is 5.69 Å². The maximum absolute atomic E-state index is 12.3. The molecule has 122 valence electrons. The number of imidazole rings is 1. The molecule has 0 saturated heterocycles. The van der Waals surface area contributed by atoms with E-state index < -0.39 is 0 Å². The summed E-state index contributed by atoms with van der Waals surface area (Å²) >= 11 is 0. The smallest absolute Gasteiger partial charge is 0.328 e. The molecule has 3 rings (SSSR count). The molecule has 6 nitrogen and oxygen atoms in total. The third kappa shape index (κ3) is 2.76. The van der Waals surface area contributed by atoms with Gasteiger partial charge in [0.15, 0.2) is 0 Å². The number of anilines is 1. The highest BCUT2D eigenvalue weighted by molar-refractivity contribution is 5.92. The zero-order valence-corrected chi connectivity index (χ0v) is 13.7. The van der Waals surface area contributed by atoms with Crippen LogP contribution in [0.3, 0.4) is 0 Å². The standard InChI is InChI=1S/C17H22N4O2/c1-12(21-9-8-13-6-4-5-7-14(13)21)10-18-16(22)15-11-19(2)17(23)20(15)3/h4-7,11-12H,8-10H2,1-3H3,(H,18,22). The van der Waals surface area contributed by atoms with Crippen LogP contribution >= 0.6 is 0 Å². The Hall–Kier alpha value is -2.50. The van der Waals surface area contributed by atoms with E-state index in [0.29, 0.717) is 12.2 Å². The Morgan fingerprint density at radius 1 is 1.30 bits per heavy atom. The average molecular weight is 314 g/mol. The number of amides is 1. The monoisotopic (exact) mass is 314 g/mol. The van der Waals surface area contributed by atoms with E-state index in [4.69, 9.17) is 0 Å². The Morgan fingerprint density at radius 3 is 2.74 bits per heavy atom. The fourth-order valence-electron chi connectivity index (χ4n) is 3.14. The normalized spacial score (nSPS) is 14.7. The van der Waals surface area contributed by atoms with Gasteiger partial charge in [-0.1, -0.05) is 18.2 Å². The van der Waals surface area contributed by atoms with Crippen molar-refractivity contribution in [3.05, 3.63) is 52.2 Å². The van der Waals surface area contributed by atoms with Crippen LogP contribution in [0.4, 0.5) is 5.69 Å². The van der Waals surface area contributed by atoms with Crippen LogP contribution in [0.1, 0.15) is 23.0 Å². The lowest BCUT2D eigenvalue weighted by molar-refractivity contribution is 0.0943. The van der Waals surface area contributed by atoms with Gasteiger partial charge in [0.25, 0.3) is 5.91 Å². The van der Waals surface area contributed by atoms with Crippen LogP contribution in [-0.4, -0.2) is 34.2 Å². The van der Waals surface area contributed by atoms with Gasteiger partial charge in [-0.15, -0.1) is 0 Å². The van der Waals surface area contributed by atoms with Crippen molar-refractivity contribution in [3.8, 4) is 0 Å². The first-order valence-electron chi connectivity index (χ1n) is 7.84. The Balaban J connectivity index is 1.66. The lowest BCUT2D eigenvalue weighted by Crippen LogP contribution is -2.42. The van der Waals surface area contributed by atoms with Gasteiger partial charge in [0.2, 0.25) is 0 Å². The minimum absolute atomic E-state index is 0.198. The number of rotatable bonds is 4. The number of para-hydroxylation sites is 1. The summed E-state index contributed by atoms with van der Waals surface area (Å²) in [5.74, 6) is -0.218. The van der Waals surface area contributed by atoms with E-state index in [1.54, 1.807) is 20.3 Å². The third-order valence-corrected chi connectivity index (χ3v) is 4.51. The van der Waals surface area contributed by atoms with Gasteiger partial charge < -0.3 is 14.8 Å². The molecular weight excluding hydrogens is 292 g/mol. The molecule has 1 N–H and O–H groups in total. The summed E-state index contributed by atoms with van der Waals surface area (Å²) < 4.78 is 2.78. The topological polar surface area (TPSA) is 59.3 Å². The van der Waals surface area contributed by atoms with E-state index in [-0.39, 0.29) is 17.6 Å². The minimum atomic E-state index is -0.218. The fourth-order valence-corrected chi connectivity index (χ4v) is 3.14. The Bertz CT molecular complexity index is 790. The maximum Gasteiger partial charge on any atom is 0.328 e. The van der Waals surface area contributed by atoms with Crippen LogP contribution in [0.15, 0.2) is 35.3 Å². The molecule has 1 aromatic carbocycles. The van der Waals surface area contributed by atoms with Crippen LogP contribution in [-0.2, 0) is 20.5 Å². The predicted octanol–water partition coefficient (Wildman–Crippen LogP) is 0.905. The van der Waals surface area contributed by atoms with Crippen LogP contribution in [0.2, 0.25) is 0 Å². The Morgan fingerprint density at radius 2 is 2.04 bits per heavy atom. The first kappa shape index (κ1) is 15.4. The molecule has 1 aliphatic heterocycles. The highest BCUT2D eigenvalue weighted by Gasteiger charge is 2.23. The summed E-state index contributed by atoms with van der Waals surface area (Å²) in [5.41, 5.74) is 2.79. The molecule has 0 saturated carbocycles. The van der Waals surface area contributed by atoms with Crippen LogP contribution in [0.5, 0.6) is 0 Å². The van der Waals surface area contributed by atoms with E-state index in [9.17, 15) is 9.59 Å². The molecule has 0 spiro atoms. The molecule has 6 heteroatoms. The third-order valence-electron chi connectivity index (χ3n) is 4.51. The van der Waals surface area contributed by atoms with Gasteiger partial charge in [-0.2, -0.15) is 0 Å². The number of aromatic nitrogens is 2. The SMILES string of the molecule is CC(CNC(=O)c1cn(C)c(=O)n1C)N1CCc2ccccc21. The van der Waals surface area contributed by atoms with Gasteiger partial charge in [-0.3, -0.25) is 9.36 Å². The molecule has 1 unspecified atom stereocenters. The molecule has 1 atom stereocenters. The molecule has 2 aromatic rings. The van der Waals surface area contributed by atoms with Crippen molar-refractivity contribution in [2.75, 3.05) is 18.0 Å². The average Bonchev–Trinajstić information content (AvgIpc) is 3.09. The summed E-state index contributed by atoms with van der Waals surface area (Å²) in [6.07, 6.45) is 2.61. The number of nitrogens with zero attached hydrogens (tertiary/aromatic N) is 3.